The Kier molecular flexibility index (Phi) is 3.39. The summed E-state index contributed by atoms with van der Waals surface area (Å²) in [7, 11) is 1.82. The third-order valence-corrected chi connectivity index (χ3v) is 2.61. The van der Waals surface area contributed by atoms with E-state index in [1.54, 1.807) is 4.57 Å². The maximum atomic E-state index is 11.8. The Bertz CT molecular complexity index is 534. The molecule has 17 heavy (non-hydrogen) atoms. The summed E-state index contributed by atoms with van der Waals surface area (Å²) in [6.07, 6.45) is 0.551. The highest BCUT2D eigenvalue weighted by molar-refractivity contribution is 5.94. The van der Waals surface area contributed by atoms with E-state index >= 15 is 0 Å². The normalized spacial score (nSPS) is 10.7. The maximum Gasteiger partial charge on any atom is 0.287 e. The van der Waals surface area contributed by atoms with E-state index in [-0.39, 0.29) is 12.5 Å². The topological polar surface area (TPSA) is 67.2 Å². The number of rotatable bonds is 4. The van der Waals surface area contributed by atoms with Gasteiger partial charge in [-0.2, -0.15) is 0 Å². The van der Waals surface area contributed by atoms with Crippen molar-refractivity contribution in [3.05, 3.63) is 30.1 Å². The number of carbonyl (C=O) groups is 1. The molecule has 0 saturated heterocycles. The van der Waals surface area contributed by atoms with Gasteiger partial charge in [0.15, 0.2) is 5.82 Å². The predicted molar refractivity (Wildman–Crippen MR) is 64.8 cm³/mol. The number of fused-ring (bicyclic) bond motifs is 1. The number of benzene rings is 1. The first-order chi connectivity index (χ1) is 8.24. The van der Waals surface area contributed by atoms with Crippen molar-refractivity contribution in [1.82, 2.24) is 14.9 Å². The van der Waals surface area contributed by atoms with Crippen molar-refractivity contribution in [3.8, 4) is 0 Å². The Hall–Kier alpha value is -1.88. The Morgan fingerprint density at radius 3 is 2.94 bits per heavy atom. The smallest absolute Gasteiger partial charge is 0.287 e. The van der Waals surface area contributed by atoms with Crippen molar-refractivity contribution in [2.24, 2.45) is 7.05 Å². The predicted octanol–water partition coefficient (Wildman–Crippen LogP) is 0.685. The fraction of sp³-hybridized carbons (Fsp3) is 0.333. The molecule has 0 bridgehead atoms. The van der Waals surface area contributed by atoms with Crippen LogP contribution in [0.15, 0.2) is 24.3 Å². The summed E-state index contributed by atoms with van der Waals surface area (Å²) in [5, 5.41) is 11.4. The van der Waals surface area contributed by atoms with Crippen LogP contribution in [0.1, 0.15) is 17.0 Å². The number of para-hydroxylation sites is 2. The minimum Gasteiger partial charge on any atom is -0.396 e. The number of carbonyl (C=O) groups excluding carboxylic acids is 1. The van der Waals surface area contributed by atoms with Crippen LogP contribution in [0.4, 0.5) is 0 Å². The van der Waals surface area contributed by atoms with Crippen molar-refractivity contribution < 1.29 is 9.90 Å². The molecule has 0 saturated carbocycles. The van der Waals surface area contributed by atoms with E-state index in [9.17, 15) is 4.79 Å². The standard InChI is InChI=1S/C12H15N3O2/c1-15-10-6-3-2-5-9(10)14-11(15)12(17)13-7-4-8-16/h2-3,5-6,16H,4,7-8H2,1H3,(H,13,17). The van der Waals surface area contributed by atoms with Gasteiger partial charge in [0.1, 0.15) is 0 Å². The lowest BCUT2D eigenvalue weighted by Crippen LogP contribution is -2.27. The third kappa shape index (κ3) is 2.29. The van der Waals surface area contributed by atoms with Gasteiger partial charge in [0.25, 0.3) is 5.91 Å². The van der Waals surface area contributed by atoms with Crippen molar-refractivity contribution in [2.45, 2.75) is 6.42 Å². The van der Waals surface area contributed by atoms with Gasteiger partial charge in [-0.05, 0) is 18.6 Å². The van der Waals surface area contributed by atoms with Gasteiger partial charge in [0.2, 0.25) is 0 Å². The lowest BCUT2D eigenvalue weighted by Gasteiger charge is -2.03. The highest BCUT2D eigenvalue weighted by Crippen LogP contribution is 2.13. The Balaban J connectivity index is 2.23. The lowest BCUT2D eigenvalue weighted by molar-refractivity contribution is 0.0938. The number of nitrogens with one attached hydrogen (secondary N) is 1. The molecule has 2 aromatic rings. The van der Waals surface area contributed by atoms with E-state index in [0.717, 1.165) is 11.0 Å². The number of aromatic nitrogens is 2. The number of imidazole rings is 1. The molecule has 2 N–H and O–H groups in total. The van der Waals surface area contributed by atoms with Crippen molar-refractivity contribution in [1.29, 1.82) is 0 Å². The van der Waals surface area contributed by atoms with Crippen LogP contribution in [0.3, 0.4) is 0 Å². The lowest BCUT2D eigenvalue weighted by atomic mass is 10.3. The van der Waals surface area contributed by atoms with Crippen LogP contribution in [0, 0.1) is 0 Å². The molecular formula is C12H15N3O2. The second-order valence-corrected chi connectivity index (χ2v) is 3.82. The zero-order valence-corrected chi connectivity index (χ0v) is 9.68. The fourth-order valence-corrected chi connectivity index (χ4v) is 1.71. The third-order valence-electron chi connectivity index (χ3n) is 2.61. The summed E-state index contributed by atoms with van der Waals surface area (Å²) in [6.45, 7) is 0.529. The molecule has 5 heteroatoms. The van der Waals surface area contributed by atoms with E-state index in [1.807, 2.05) is 31.3 Å². The molecule has 0 aliphatic heterocycles. The van der Waals surface area contributed by atoms with Crippen LogP contribution in [-0.2, 0) is 7.05 Å². The van der Waals surface area contributed by atoms with Gasteiger partial charge in [-0.3, -0.25) is 4.79 Å². The molecule has 0 aliphatic rings. The molecule has 0 unspecified atom stereocenters. The first-order valence-electron chi connectivity index (χ1n) is 5.54. The molecular weight excluding hydrogens is 218 g/mol. The molecule has 5 nitrogen and oxygen atoms in total. The summed E-state index contributed by atoms with van der Waals surface area (Å²) in [6, 6.07) is 7.60. The summed E-state index contributed by atoms with van der Waals surface area (Å²) >= 11 is 0. The molecule has 0 aliphatic carbocycles. The highest BCUT2D eigenvalue weighted by Gasteiger charge is 2.13. The van der Waals surface area contributed by atoms with Crippen molar-refractivity contribution >= 4 is 16.9 Å². The van der Waals surface area contributed by atoms with E-state index in [1.165, 1.54) is 0 Å². The van der Waals surface area contributed by atoms with Gasteiger partial charge in [0.05, 0.1) is 11.0 Å². The van der Waals surface area contributed by atoms with Crippen molar-refractivity contribution in [3.63, 3.8) is 0 Å². The van der Waals surface area contributed by atoms with E-state index in [4.69, 9.17) is 5.11 Å². The number of amides is 1. The zero-order chi connectivity index (χ0) is 12.3. The molecule has 0 atom stereocenters. The summed E-state index contributed by atoms with van der Waals surface area (Å²) in [5.74, 6) is 0.182. The monoisotopic (exact) mass is 233 g/mol. The number of hydrogen-bond donors (Lipinski definition) is 2. The van der Waals surface area contributed by atoms with Gasteiger partial charge in [0, 0.05) is 20.2 Å². The molecule has 1 aromatic carbocycles. The first-order valence-corrected chi connectivity index (χ1v) is 5.54. The SMILES string of the molecule is Cn1c(C(=O)NCCCO)nc2ccccc21. The van der Waals surface area contributed by atoms with Crippen LogP contribution in [0.5, 0.6) is 0 Å². The number of nitrogens with zero attached hydrogens (tertiary/aromatic N) is 2. The average Bonchev–Trinajstić information content (AvgIpc) is 2.68. The molecule has 0 radical (unpaired) electrons. The van der Waals surface area contributed by atoms with E-state index in [0.29, 0.717) is 18.8 Å². The number of aliphatic hydroxyl groups is 1. The molecule has 1 aromatic heterocycles. The van der Waals surface area contributed by atoms with Crippen LogP contribution in [-0.4, -0.2) is 33.7 Å². The first kappa shape index (κ1) is 11.6. The zero-order valence-electron chi connectivity index (χ0n) is 9.68. The molecule has 90 valence electrons. The minimum atomic E-state index is -0.211. The van der Waals surface area contributed by atoms with Crippen LogP contribution in [0.25, 0.3) is 11.0 Å². The Morgan fingerprint density at radius 2 is 2.24 bits per heavy atom. The van der Waals surface area contributed by atoms with E-state index in [2.05, 4.69) is 10.3 Å². The molecule has 2 rings (SSSR count). The molecule has 1 heterocycles. The van der Waals surface area contributed by atoms with Gasteiger partial charge in [-0.1, -0.05) is 12.1 Å². The van der Waals surface area contributed by atoms with Gasteiger partial charge < -0.3 is 15.0 Å². The van der Waals surface area contributed by atoms with Gasteiger partial charge >= 0.3 is 0 Å². The van der Waals surface area contributed by atoms with Crippen molar-refractivity contribution in [2.75, 3.05) is 13.2 Å². The Labute approximate surface area is 99.1 Å². The van der Waals surface area contributed by atoms with Crippen LogP contribution in [0.2, 0.25) is 0 Å². The highest BCUT2D eigenvalue weighted by atomic mass is 16.3. The summed E-state index contributed by atoms with van der Waals surface area (Å²) < 4.78 is 1.77. The Morgan fingerprint density at radius 1 is 1.47 bits per heavy atom. The second kappa shape index (κ2) is 4.97. The second-order valence-electron chi connectivity index (χ2n) is 3.82. The molecule has 0 spiro atoms. The quantitative estimate of drug-likeness (QED) is 0.763. The number of aliphatic hydroxyl groups excluding tert-OH is 1. The van der Waals surface area contributed by atoms with E-state index < -0.39 is 0 Å². The summed E-state index contributed by atoms with van der Waals surface area (Å²) in [4.78, 5) is 16.1. The fourth-order valence-electron chi connectivity index (χ4n) is 1.71. The average molecular weight is 233 g/mol. The molecule has 1 amide bonds. The van der Waals surface area contributed by atoms with Crippen LogP contribution < -0.4 is 5.32 Å². The maximum absolute atomic E-state index is 11.8. The summed E-state index contributed by atoms with van der Waals surface area (Å²) in [5.41, 5.74) is 1.74. The number of hydrogen-bond acceptors (Lipinski definition) is 3. The minimum absolute atomic E-state index is 0.0722. The van der Waals surface area contributed by atoms with Gasteiger partial charge in [-0.25, -0.2) is 4.98 Å². The molecule has 0 fully saturated rings. The largest absolute Gasteiger partial charge is 0.396 e. The van der Waals surface area contributed by atoms with Gasteiger partial charge in [-0.15, -0.1) is 0 Å². The number of aryl methyl sites for hydroxylation is 1. The van der Waals surface area contributed by atoms with Crippen LogP contribution >= 0.6 is 0 Å².